The maximum Gasteiger partial charge on any atom is 0.137 e. The van der Waals surface area contributed by atoms with Gasteiger partial charge in [0.05, 0.1) is 6.04 Å². The number of rotatable bonds is 3. The number of nitrogens with one attached hydrogen (secondary N) is 1. The first-order valence-corrected chi connectivity index (χ1v) is 6.27. The molecular weight excluding hydrogens is 234 g/mol. The van der Waals surface area contributed by atoms with Crippen molar-refractivity contribution in [3.05, 3.63) is 34.5 Å². The van der Waals surface area contributed by atoms with Crippen LogP contribution in [-0.4, -0.2) is 7.05 Å². The van der Waals surface area contributed by atoms with E-state index in [1.54, 1.807) is 0 Å². The fourth-order valence-corrected chi connectivity index (χ4v) is 2.54. The van der Waals surface area contributed by atoms with Crippen LogP contribution in [0.1, 0.15) is 31.2 Å². The Labute approximate surface area is 107 Å². The lowest BCUT2D eigenvalue weighted by Crippen LogP contribution is -2.20. The maximum absolute atomic E-state index is 6.05. The van der Waals surface area contributed by atoms with Gasteiger partial charge in [-0.2, -0.15) is 0 Å². The lowest BCUT2D eigenvalue weighted by atomic mass is 10.0. The normalized spacial score (nSPS) is 13.5. The van der Waals surface area contributed by atoms with Crippen molar-refractivity contribution in [3.63, 3.8) is 0 Å². The summed E-state index contributed by atoms with van der Waals surface area (Å²) in [7, 11) is 1.96. The van der Waals surface area contributed by atoms with Crippen molar-refractivity contribution in [1.82, 2.24) is 5.32 Å². The van der Waals surface area contributed by atoms with Gasteiger partial charge in [-0.3, -0.25) is 0 Å². The Balaban J connectivity index is 2.54. The second kappa shape index (κ2) is 4.71. The van der Waals surface area contributed by atoms with Crippen LogP contribution in [0.5, 0.6) is 0 Å². The highest BCUT2D eigenvalue weighted by molar-refractivity contribution is 6.31. The van der Waals surface area contributed by atoms with Crippen LogP contribution in [0.4, 0.5) is 0 Å². The minimum atomic E-state index is 0.237. The van der Waals surface area contributed by atoms with Crippen LogP contribution < -0.4 is 5.32 Å². The van der Waals surface area contributed by atoms with Crippen molar-refractivity contribution in [2.45, 2.75) is 26.8 Å². The molecule has 92 valence electrons. The SMILES string of the molecule is CNC(c1cc2cc(Cl)cc(C)c2o1)C(C)C. The second-order valence-corrected chi connectivity index (χ2v) is 5.24. The van der Waals surface area contributed by atoms with Gasteiger partial charge in [0, 0.05) is 10.4 Å². The third-order valence-corrected chi connectivity index (χ3v) is 3.29. The third-order valence-electron chi connectivity index (χ3n) is 3.07. The summed E-state index contributed by atoms with van der Waals surface area (Å²) in [5.41, 5.74) is 2.02. The molecule has 0 aliphatic heterocycles. The zero-order valence-corrected chi connectivity index (χ0v) is 11.4. The minimum absolute atomic E-state index is 0.237. The quantitative estimate of drug-likeness (QED) is 0.879. The first kappa shape index (κ1) is 12.5. The summed E-state index contributed by atoms with van der Waals surface area (Å²) in [6, 6.07) is 6.20. The van der Waals surface area contributed by atoms with E-state index in [4.69, 9.17) is 16.0 Å². The summed E-state index contributed by atoms with van der Waals surface area (Å²) in [6.07, 6.45) is 0. The molecule has 0 aliphatic rings. The monoisotopic (exact) mass is 251 g/mol. The van der Waals surface area contributed by atoms with Gasteiger partial charge < -0.3 is 9.73 Å². The molecule has 0 bridgehead atoms. The van der Waals surface area contributed by atoms with Crippen molar-refractivity contribution in [1.29, 1.82) is 0 Å². The van der Waals surface area contributed by atoms with Crippen molar-refractivity contribution >= 4 is 22.6 Å². The van der Waals surface area contributed by atoms with Crippen molar-refractivity contribution < 1.29 is 4.42 Å². The van der Waals surface area contributed by atoms with Crippen LogP contribution in [0.25, 0.3) is 11.0 Å². The molecule has 17 heavy (non-hydrogen) atoms. The topological polar surface area (TPSA) is 25.2 Å². The molecule has 0 aliphatic carbocycles. The van der Waals surface area contributed by atoms with E-state index in [0.29, 0.717) is 5.92 Å². The molecule has 0 saturated heterocycles. The Kier molecular flexibility index (Phi) is 3.45. The number of fused-ring (bicyclic) bond motifs is 1. The summed E-state index contributed by atoms with van der Waals surface area (Å²) in [5.74, 6) is 1.46. The molecule has 2 aromatic rings. The predicted octanol–water partition coefficient (Wildman–Crippen LogP) is 4.31. The molecule has 0 saturated carbocycles. The first-order valence-electron chi connectivity index (χ1n) is 5.89. The summed E-state index contributed by atoms with van der Waals surface area (Å²) in [4.78, 5) is 0. The smallest absolute Gasteiger partial charge is 0.137 e. The number of benzene rings is 1. The predicted molar refractivity (Wildman–Crippen MR) is 72.6 cm³/mol. The molecule has 1 unspecified atom stereocenters. The minimum Gasteiger partial charge on any atom is -0.459 e. The molecule has 0 amide bonds. The Morgan fingerprint density at radius 1 is 1.24 bits per heavy atom. The summed E-state index contributed by atoms with van der Waals surface area (Å²) >= 11 is 6.05. The second-order valence-electron chi connectivity index (χ2n) is 4.80. The van der Waals surface area contributed by atoms with Crippen molar-refractivity contribution in [2.75, 3.05) is 7.05 Å². The average molecular weight is 252 g/mol. The van der Waals surface area contributed by atoms with Gasteiger partial charge in [-0.15, -0.1) is 0 Å². The highest BCUT2D eigenvalue weighted by Gasteiger charge is 2.18. The molecule has 1 N–H and O–H groups in total. The van der Waals surface area contributed by atoms with E-state index in [1.807, 2.05) is 26.1 Å². The first-order chi connectivity index (χ1) is 8.02. The van der Waals surface area contributed by atoms with Crippen molar-refractivity contribution in [3.8, 4) is 0 Å². The lowest BCUT2D eigenvalue weighted by molar-refractivity contribution is 0.370. The molecule has 0 fully saturated rings. The van der Waals surface area contributed by atoms with Crippen LogP contribution in [0.15, 0.2) is 22.6 Å². The van der Waals surface area contributed by atoms with Crippen LogP contribution in [0.2, 0.25) is 5.02 Å². The van der Waals surface area contributed by atoms with Gasteiger partial charge in [-0.05, 0) is 43.7 Å². The highest BCUT2D eigenvalue weighted by Crippen LogP contribution is 2.31. The zero-order valence-electron chi connectivity index (χ0n) is 10.7. The van der Waals surface area contributed by atoms with E-state index in [-0.39, 0.29) is 6.04 Å². The van der Waals surface area contributed by atoms with Gasteiger partial charge in [-0.25, -0.2) is 0 Å². The molecule has 1 aromatic carbocycles. The standard InChI is InChI=1S/C14H18ClNO/c1-8(2)13(16-4)12-7-10-6-11(15)5-9(3)14(10)17-12/h5-8,13,16H,1-4H3. The summed E-state index contributed by atoms with van der Waals surface area (Å²) in [6.45, 7) is 6.37. The molecular formula is C14H18ClNO. The average Bonchev–Trinajstić information content (AvgIpc) is 2.61. The van der Waals surface area contributed by atoms with Crippen LogP contribution in [-0.2, 0) is 0 Å². The summed E-state index contributed by atoms with van der Waals surface area (Å²) < 4.78 is 5.95. The van der Waals surface area contributed by atoms with Crippen molar-refractivity contribution in [2.24, 2.45) is 5.92 Å². The fourth-order valence-electron chi connectivity index (χ4n) is 2.26. The van der Waals surface area contributed by atoms with E-state index in [9.17, 15) is 0 Å². The number of aryl methyl sites for hydroxylation is 1. The van der Waals surface area contributed by atoms with Crippen LogP contribution in [0.3, 0.4) is 0 Å². The Hall–Kier alpha value is -0.990. The third kappa shape index (κ3) is 2.33. The molecule has 1 heterocycles. The molecule has 1 atom stereocenters. The Morgan fingerprint density at radius 2 is 1.94 bits per heavy atom. The number of hydrogen-bond donors (Lipinski definition) is 1. The molecule has 2 rings (SSSR count). The number of furan rings is 1. The molecule has 0 radical (unpaired) electrons. The Morgan fingerprint density at radius 3 is 2.53 bits per heavy atom. The van der Waals surface area contributed by atoms with Gasteiger partial charge in [0.1, 0.15) is 11.3 Å². The van der Waals surface area contributed by atoms with Crippen LogP contribution >= 0.6 is 11.6 Å². The van der Waals surface area contributed by atoms with Crippen LogP contribution in [0, 0.1) is 12.8 Å². The lowest BCUT2D eigenvalue weighted by Gasteiger charge is -2.17. The zero-order chi connectivity index (χ0) is 12.6. The Bertz CT molecular complexity index is 530. The van der Waals surface area contributed by atoms with Gasteiger partial charge in [0.15, 0.2) is 0 Å². The van der Waals surface area contributed by atoms with Gasteiger partial charge in [0.2, 0.25) is 0 Å². The van der Waals surface area contributed by atoms with Gasteiger partial charge in [0.25, 0.3) is 0 Å². The van der Waals surface area contributed by atoms with E-state index >= 15 is 0 Å². The summed E-state index contributed by atoms with van der Waals surface area (Å²) in [5, 5.41) is 5.12. The molecule has 2 nitrogen and oxygen atoms in total. The largest absolute Gasteiger partial charge is 0.459 e. The van der Waals surface area contributed by atoms with Gasteiger partial charge >= 0.3 is 0 Å². The highest BCUT2D eigenvalue weighted by atomic mass is 35.5. The van der Waals surface area contributed by atoms with E-state index in [2.05, 4.69) is 25.2 Å². The number of halogens is 1. The molecule has 1 aromatic heterocycles. The van der Waals surface area contributed by atoms with Gasteiger partial charge in [-0.1, -0.05) is 25.4 Å². The van der Waals surface area contributed by atoms with E-state index in [0.717, 1.165) is 27.3 Å². The fraction of sp³-hybridized carbons (Fsp3) is 0.429. The van der Waals surface area contributed by atoms with E-state index < -0.39 is 0 Å². The van der Waals surface area contributed by atoms with E-state index in [1.165, 1.54) is 0 Å². The number of hydrogen-bond acceptors (Lipinski definition) is 2. The molecule has 0 spiro atoms. The molecule has 3 heteroatoms. The maximum atomic E-state index is 6.05.